The molecule has 0 aromatic heterocycles. The molecular weight excluding hydrogens is 446 g/mol. The number of ketones is 1. The molecule has 0 spiro atoms. The van der Waals surface area contributed by atoms with Crippen LogP contribution in [0.2, 0.25) is 20.1 Å². The van der Waals surface area contributed by atoms with Crippen molar-refractivity contribution in [3.63, 3.8) is 0 Å². The molecule has 3 rings (SSSR count). The van der Waals surface area contributed by atoms with Gasteiger partial charge in [-0.05, 0) is 56.2 Å². The second kappa shape index (κ2) is 15.3. The van der Waals surface area contributed by atoms with Gasteiger partial charge in [0.05, 0.1) is 20.1 Å². The van der Waals surface area contributed by atoms with Crippen molar-refractivity contribution >= 4 is 52.2 Å². The molecule has 5 heteroatoms. The van der Waals surface area contributed by atoms with E-state index in [2.05, 4.69) is 0 Å². The highest BCUT2D eigenvalue weighted by molar-refractivity contribution is 6.42. The number of hydrogen-bond donors (Lipinski definition) is 0. The zero-order valence-corrected chi connectivity index (χ0v) is 18.3. The summed E-state index contributed by atoms with van der Waals surface area (Å²) in [4.78, 5) is 10.6. The SMILES string of the molecule is C.C.CC(=O)c1ccccc1.Cc1ccc(Cl)c(Cl)c1.Cc1ccc(Cl)c(Cl)c1. The lowest BCUT2D eigenvalue weighted by molar-refractivity contribution is 0.101. The summed E-state index contributed by atoms with van der Waals surface area (Å²) >= 11 is 22.7. The Balaban J connectivity index is 0. The zero-order chi connectivity index (χ0) is 20.4. The molecule has 0 radical (unpaired) electrons. The van der Waals surface area contributed by atoms with Crippen molar-refractivity contribution in [3.8, 4) is 0 Å². The number of hydrogen-bond acceptors (Lipinski definition) is 1. The highest BCUT2D eigenvalue weighted by Gasteiger charge is 1.94. The Labute approximate surface area is 195 Å². The minimum absolute atomic E-state index is 0. The van der Waals surface area contributed by atoms with Gasteiger partial charge in [-0.25, -0.2) is 0 Å². The Morgan fingerprint density at radius 1 is 0.621 bits per heavy atom. The molecule has 0 fully saturated rings. The Kier molecular flexibility index (Phi) is 15.7. The highest BCUT2D eigenvalue weighted by Crippen LogP contribution is 2.22. The minimum atomic E-state index is 0. The van der Waals surface area contributed by atoms with Crippen LogP contribution >= 0.6 is 46.4 Å². The van der Waals surface area contributed by atoms with Gasteiger partial charge in [-0.1, -0.05) is 104 Å². The predicted octanol–water partition coefficient (Wildman–Crippen LogP) is 9.77. The van der Waals surface area contributed by atoms with Gasteiger partial charge in [0.15, 0.2) is 5.78 Å². The van der Waals surface area contributed by atoms with E-state index in [0.717, 1.165) is 16.7 Å². The van der Waals surface area contributed by atoms with Gasteiger partial charge in [0.1, 0.15) is 0 Å². The summed E-state index contributed by atoms with van der Waals surface area (Å²) in [7, 11) is 0. The fourth-order valence-electron chi connectivity index (χ4n) is 1.88. The van der Waals surface area contributed by atoms with Gasteiger partial charge in [-0.2, -0.15) is 0 Å². The van der Waals surface area contributed by atoms with Crippen molar-refractivity contribution in [2.45, 2.75) is 35.6 Å². The summed E-state index contributed by atoms with van der Waals surface area (Å²) in [5.41, 5.74) is 3.03. The summed E-state index contributed by atoms with van der Waals surface area (Å²) in [6, 6.07) is 20.3. The van der Waals surface area contributed by atoms with E-state index < -0.39 is 0 Å². The number of carbonyl (C=O) groups is 1. The van der Waals surface area contributed by atoms with Gasteiger partial charge in [0, 0.05) is 5.56 Å². The van der Waals surface area contributed by atoms with Crippen LogP contribution < -0.4 is 0 Å². The molecule has 0 unspecified atom stereocenters. The third-order valence-corrected chi connectivity index (χ3v) is 4.81. The summed E-state index contributed by atoms with van der Waals surface area (Å²) in [6.07, 6.45) is 0. The first-order valence-electron chi connectivity index (χ1n) is 8.10. The number of benzene rings is 3. The predicted molar refractivity (Wildman–Crippen MR) is 132 cm³/mol. The summed E-state index contributed by atoms with van der Waals surface area (Å²) in [5, 5.41) is 2.47. The van der Waals surface area contributed by atoms with Gasteiger partial charge >= 0.3 is 0 Å². The first-order chi connectivity index (χ1) is 12.7. The third-order valence-electron chi connectivity index (χ3n) is 3.33. The quantitative estimate of drug-likeness (QED) is 0.321. The first kappa shape index (κ1) is 29.7. The van der Waals surface area contributed by atoms with Crippen molar-refractivity contribution in [1.29, 1.82) is 0 Å². The molecule has 3 aromatic rings. The smallest absolute Gasteiger partial charge is 0.159 e. The zero-order valence-electron chi connectivity index (χ0n) is 15.3. The van der Waals surface area contributed by atoms with Gasteiger partial charge in [0.25, 0.3) is 0 Å². The molecule has 29 heavy (non-hydrogen) atoms. The molecule has 3 aromatic carbocycles. The molecule has 0 bridgehead atoms. The fraction of sp³-hybridized carbons (Fsp3) is 0.208. The maximum Gasteiger partial charge on any atom is 0.159 e. The molecule has 0 amide bonds. The lowest BCUT2D eigenvalue weighted by atomic mass is 10.2. The third kappa shape index (κ3) is 11.9. The number of aryl methyl sites for hydroxylation is 2. The molecular formula is C24H28Cl4O. The molecule has 1 nitrogen and oxygen atoms in total. The summed E-state index contributed by atoms with van der Waals surface area (Å²) in [6.45, 7) is 5.51. The van der Waals surface area contributed by atoms with E-state index >= 15 is 0 Å². The second-order valence-electron chi connectivity index (χ2n) is 5.76. The van der Waals surface area contributed by atoms with E-state index in [1.54, 1.807) is 19.1 Å². The standard InChI is InChI=1S/C8H8O.2C7H6Cl2.2CH4/c1-7(9)8-5-3-2-4-6-8;2*1-5-2-3-6(8)7(9)4-5;;/h2-6H,1H3;2*2-4H,1H3;2*1H4. The monoisotopic (exact) mass is 472 g/mol. The van der Waals surface area contributed by atoms with Crippen molar-refractivity contribution in [2.24, 2.45) is 0 Å². The largest absolute Gasteiger partial charge is 0.295 e. The topological polar surface area (TPSA) is 17.1 Å². The maximum atomic E-state index is 10.6. The van der Waals surface area contributed by atoms with E-state index in [1.165, 1.54) is 0 Å². The molecule has 0 saturated carbocycles. The molecule has 0 aliphatic rings. The number of halogens is 4. The van der Waals surface area contributed by atoms with E-state index in [4.69, 9.17) is 46.4 Å². The molecule has 0 atom stereocenters. The molecule has 0 aliphatic heterocycles. The van der Waals surface area contributed by atoms with Crippen LogP contribution in [0, 0.1) is 13.8 Å². The normalized spacial score (nSPS) is 8.79. The van der Waals surface area contributed by atoms with Crippen LogP contribution in [0.4, 0.5) is 0 Å². The number of rotatable bonds is 1. The lowest BCUT2D eigenvalue weighted by Gasteiger charge is -1.94. The minimum Gasteiger partial charge on any atom is -0.295 e. The van der Waals surface area contributed by atoms with Crippen LogP contribution in [0.3, 0.4) is 0 Å². The van der Waals surface area contributed by atoms with Crippen molar-refractivity contribution in [1.82, 2.24) is 0 Å². The average Bonchev–Trinajstić information content (AvgIpc) is 2.64. The lowest BCUT2D eigenvalue weighted by Crippen LogP contribution is -1.88. The van der Waals surface area contributed by atoms with Crippen LogP contribution in [-0.4, -0.2) is 5.78 Å². The summed E-state index contributed by atoms with van der Waals surface area (Å²) in [5.74, 6) is 0.121. The highest BCUT2D eigenvalue weighted by atomic mass is 35.5. The van der Waals surface area contributed by atoms with E-state index in [1.807, 2.05) is 68.4 Å². The Morgan fingerprint density at radius 2 is 1.00 bits per heavy atom. The van der Waals surface area contributed by atoms with Gasteiger partial charge in [-0.3, -0.25) is 4.79 Å². The van der Waals surface area contributed by atoms with Crippen LogP contribution in [0.5, 0.6) is 0 Å². The van der Waals surface area contributed by atoms with Gasteiger partial charge in [0.2, 0.25) is 0 Å². The van der Waals surface area contributed by atoms with E-state index in [0.29, 0.717) is 20.1 Å². The molecule has 0 aliphatic carbocycles. The fourth-order valence-corrected chi connectivity index (χ4v) is 2.58. The van der Waals surface area contributed by atoms with Gasteiger partial charge in [-0.15, -0.1) is 0 Å². The Hall–Kier alpha value is -1.51. The van der Waals surface area contributed by atoms with Crippen LogP contribution in [0.25, 0.3) is 0 Å². The maximum absolute atomic E-state index is 10.6. The van der Waals surface area contributed by atoms with Crippen LogP contribution in [-0.2, 0) is 0 Å². The van der Waals surface area contributed by atoms with E-state index in [-0.39, 0.29) is 20.6 Å². The Morgan fingerprint density at radius 3 is 1.24 bits per heavy atom. The number of Topliss-reactive ketones (excluding diaryl/α,β-unsaturated/α-hetero) is 1. The summed E-state index contributed by atoms with van der Waals surface area (Å²) < 4.78 is 0. The molecule has 0 heterocycles. The van der Waals surface area contributed by atoms with Crippen molar-refractivity contribution in [2.75, 3.05) is 0 Å². The van der Waals surface area contributed by atoms with E-state index in [9.17, 15) is 4.79 Å². The molecule has 158 valence electrons. The second-order valence-corrected chi connectivity index (χ2v) is 7.39. The Bertz CT molecular complexity index is 828. The van der Waals surface area contributed by atoms with Crippen molar-refractivity contribution in [3.05, 3.63) is 104 Å². The number of carbonyl (C=O) groups excluding carboxylic acids is 1. The van der Waals surface area contributed by atoms with Crippen LogP contribution in [0.15, 0.2) is 66.7 Å². The van der Waals surface area contributed by atoms with Gasteiger partial charge < -0.3 is 0 Å². The van der Waals surface area contributed by atoms with Crippen LogP contribution in [0.1, 0.15) is 43.3 Å². The molecule has 0 N–H and O–H groups in total. The average molecular weight is 474 g/mol. The first-order valence-corrected chi connectivity index (χ1v) is 9.61. The van der Waals surface area contributed by atoms with Crippen molar-refractivity contribution < 1.29 is 4.79 Å². The molecule has 0 saturated heterocycles.